The molecular weight excluding hydrogens is 288 g/mol. The van der Waals surface area contributed by atoms with E-state index in [0.717, 1.165) is 56.1 Å². The van der Waals surface area contributed by atoms with Gasteiger partial charge in [0.1, 0.15) is 0 Å². The van der Waals surface area contributed by atoms with Crippen LogP contribution in [-0.2, 0) is 4.79 Å². The molecule has 1 aromatic heterocycles. The van der Waals surface area contributed by atoms with E-state index in [0.29, 0.717) is 6.04 Å². The number of hydrogen-bond acceptors (Lipinski definition) is 4. The molecule has 2 fully saturated rings. The summed E-state index contributed by atoms with van der Waals surface area (Å²) in [5, 5.41) is 3.27. The van der Waals surface area contributed by atoms with E-state index in [-0.39, 0.29) is 11.8 Å². The molecule has 0 unspecified atom stereocenters. The van der Waals surface area contributed by atoms with Crippen LogP contribution in [0.25, 0.3) is 0 Å². The maximum absolute atomic E-state index is 12.5. The zero-order valence-corrected chi connectivity index (χ0v) is 14.3. The van der Waals surface area contributed by atoms with Crippen LogP contribution >= 0.6 is 0 Å². The molecule has 0 aromatic carbocycles. The van der Waals surface area contributed by atoms with E-state index >= 15 is 0 Å². The zero-order valence-electron chi connectivity index (χ0n) is 14.3. The molecule has 0 bridgehead atoms. The van der Waals surface area contributed by atoms with Crippen molar-refractivity contribution in [2.45, 2.75) is 64.8 Å². The van der Waals surface area contributed by atoms with Crippen molar-refractivity contribution in [3.63, 3.8) is 0 Å². The average molecular weight is 316 g/mol. The summed E-state index contributed by atoms with van der Waals surface area (Å²) in [6.07, 6.45) is 7.94. The number of rotatable bonds is 3. The molecular formula is C18H28N4O. The zero-order chi connectivity index (χ0) is 16.2. The number of amides is 1. The van der Waals surface area contributed by atoms with Gasteiger partial charge < -0.3 is 10.2 Å². The van der Waals surface area contributed by atoms with Crippen LogP contribution in [0, 0.1) is 19.8 Å². The van der Waals surface area contributed by atoms with Gasteiger partial charge in [0.05, 0.1) is 0 Å². The van der Waals surface area contributed by atoms with Crippen molar-refractivity contribution in [1.29, 1.82) is 0 Å². The Morgan fingerprint density at radius 1 is 1.04 bits per heavy atom. The monoisotopic (exact) mass is 316 g/mol. The maximum atomic E-state index is 12.5. The van der Waals surface area contributed by atoms with E-state index in [1.165, 1.54) is 19.3 Å². The minimum absolute atomic E-state index is 0.152. The first-order chi connectivity index (χ1) is 11.1. The highest BCUT2D eigenvalue weighted by Crippen LogP contribution is 2.23. The van der Waals surface area contributed by atoms with Crippen molar-refractivity contribution in [3.8, 4) is 0 Å². The first-order valence-corrected chi connectivity index (χ1v) is 8.99. The van der Waals surface area contributed by atoms with Crippen LogP contribution in [0.4, 0.5) is 5.95 Å². The highest BCUT2D eigenvalue weighted by Gasteiger charge is 2.28. The van der Waals surface area contributed by atoms with Crippen molar-refractivity contribution in [2.24, 2.45) is 5.92 Å². The molecule has 1 saturated heterocycles. The normalized spacial score (nSPS) is 20.5. The predicted molar refractivity (Wildman–Crippen MR) is 91.5 cm³/mol. The lowest BCUT2D eigenvalue weighted by atomic mass is 9.92. The number of aromatic nitrogens is 2. The third-order valence-corrected chi connectivity index (χ3v) is 5.07. The average Bonchev–Trinajstić information content (AvgIpc) is 2.55. The SMILES string of the molecule is Cc1cc(C)nc(N2CCC(C(=O)NC3CCCCC3)CC2)n1. The quantitative estimate of drug-likeness (QED) is 0.931. The van der Waals surface area contributed by atoms with Crippen LogP contribution in [0.5, 0.6) is 0 Å². The number of nitrogens with zero attached hydrogens (tertiary/aromatic N) is 3. The third kappa shape index (κ3) is 4.21. The maximum Gasteiger partial charge on any atom is 0.225 e. The number of carbonyl (C=O) groups is 1. The molecule has 5 nitrogen and oxygen atoms in total. The van der Waals surface area contributed by atoms with Gasteiger partial charge in [-0.1, -0.05) is 19.3 Å². The van der Waals surface area contributed by atoms with Gasteiger partial charge in [0.2, 0.25) is 11.9 Å². The van der Waals surface area contributed by atoms with E-state index in [9.17, 15) is 4.79 Å². The first kappa shape index (κ1) is 16.2. The lowest BCUT2D eigenvalue weighted by Gasteiger charge is -2.33. The second-order valence-corrected chi connectivity index (χ2v) is 7.06. The summed E-state index contributed by atoms with van der Waals surface area (Å²) in [5.74, 6) is 1.23. The number of piperidine rings is 1. The Balaban J connectivity index is 1.52. The Hall–Kier alpha value is -1.65. The Kier molecular flexibility index (Phi) is 5.13. The molecule has 1 aromatic rings. The van der Waals surface area contributed by atoms with Crippen LogP contribution in [0.1, 0.15) is 56.3 Å². The van der Waals surface area contributed by atoms with Gasteiger partial charge in [-0.05, 0) is 45.6 Å². The Bertz CT molecular complexity index is 526. The number of carbonyl (C=O) groups excluding carboxylic acids is 1. The van der Waals surface area contributed by atoms with Crippen molar-refractivity contribution < 1.29 is 4.79 Å². The van der Waals surface area contributed by atoms with Crippen molar-refractivity contribution in [3.05, 3.63) is 17.5 Å². The van der Waals surface area contributed by atoms with Crippen LogP contribution in [0.15, 0.2) is 6.07 Å². The number of anilines is 1. The minimum atomic E-state index is 0.152. The molecule has 126 valence electrons. The van der Waals surface area contributed by atoms with Crippen LogP contribution in [0.3, 0.4) is 0 Å². The molecule has 1 saturated carbocycles. The van der Waals surface area contributed by atoms with E-state index in [1.807, 2.05) is 19.9 Å². The molecule has 23 heavy (non-hydrogen) atoms. The van der Waals surface area contributed by atoms with E-state index in [2.05, 4.69) is 20.2 Å². The summed E-state index contributed by atoms with van der Waals surface area (Å²) < 4.78 is 0. The summed E-state index contributed by atoms with van der Waals surface area (Å²) in [6, 6.07) is 2.41. The van der Waals surface area contributed by atoms with E-state index in [4.69, 9.17) is 0 Å². The van der Waals surface area contributed by atoms with Gasteiger partial charge in [-0.3, -0.25) is 4.79 Å². The molecule has 1 aliphatic carbocycles. The van der Waals surface area contributed by atoms with Crippen molar-refractivity contribution in [1.82, 2.24) is 15.3 Å². The highest BCUT2D eigenvalue weighted by molar-refractivity contribution is 5.79. The van der Waals surface area contributed by atoms with Gasteiger partial charge in [0.25, 0.3) is 0 Å². The van der Waals surface area contributed by atoms with Gasteiger partial charge in [-0.15, -0.1) is 0 Å². The van der Waals surface area contributed by atoms with Crippen molar-refractivity contribution in [2.75, 3.05) is 18.0 Å². The first-order valence-electron chi connectivity index (χ1n) is 8.99. The minimum Gasteiger partial charge on any atom is -0.353 e. The fourth-order valence-electron chi connectivity index (χ4n) is 3.76. The van der Waals surface area contributed by atoms with Crippen LogP contribution in [-0.4, -0.2) is 35.0 Å². The van der Waals surface area contributed by atoms with Crippen LogP contribution < -0.4 is 10.2 Å². The fraction of sp³-hybridized carbons (Fsp3) is 0.722. The number of aryl methyl sites for hydroxylation is 2. The fourth-order valence-corrected chi connectivity index (χ4v) is 3.76. The molecule has 3 rings (SSSR count). The molecule has 5 heteroatoms. The lowest BCUT2D eigenvalue weighted by molar-refractivity contribution is -0.126. The second-order valence-electron chi connectivity index (χ2n) is 7.06. The summed E-state index contributed by atoms with van der Waals surface area (Å²) in [7, 11) is 0. The molecule has 1 N–H and O–H groups in total. The largest absolute Gasteiger partial charge is 0.353 e. The van der Waals surface area contributed by atoms with Crippen molar-refractivity contribution >= 4 is 11.9 Å². The summed E-state index contributed by atoms with van der Waals surface area (Å²) in [5.41, 5.74) is 2.01. The van der Waals surface area contributed by atoms with Gasteiger partial charge in [-0.25, -0.2) is 9.97 Å². The standard InChI is InChI=1S/C18H28N4O/c1-13-12-14(2)20-18(19-13)22-10-8-15(9-11-22)17(23)21-16-6-4-3-5-7-16/h12,15-16H,3-11H2,1-2H3,(H,21,23). The Labute approximate surface area is 138 Å². The number of hydrogen-bond donors (Lipinski definition) is 1. The smallest absolute Gasteiger partial charge is 0.225 e. The second kappa shape index (κ2) is 7.28. The molecule has 0 spiro atoms. The lowest BCUT2D eigenvalue weighted by Crippen LogP contribution is -2.44. The highest BCUT2D eigenvalue weighted by atomic mass is 16.1. The molecule has 2 aliphatic rings. The van der Waals surface area contributed by atoms with Gasteiger partial charge in [0.15, 0.2) is 0 Å². The molecule has 1 amide bonds. The molecule has 0 atom stereocenters. The molecule has 1 aliphatic heterocycles. The predicted octanol–water partition coefficient (Wildman–Crippen LogP) is 2.76. The van der Waals surface area contributed by atoms with Crippen LogP contribution in [0.2, 0.25) is 0 Å². The molecule has 0 radical (unpaired) electrons. The van der Waals surface area contributed by atoms with E-state index in [1.54, 1.807) is 0 Å². The van der Waals surface area contributed by atoms with Gasteiger partial charge in [-0.2, -0.15) is 0 Å². The van der Waals surface area contributed by atoms with Gasteiger partial charge >= 0.3 is 0 Å². The topological polar surface area (TPSA) is 58.1 Å². The number of nitrogens with one attached hydrogen (secondary N) is 1. The third-order valence-electron chi connectivity index (χ3n) is 5.07. The Morgan fingerprint density at radius 2 is 1.65 bits per heavy atom. The summed E-state index contributed by atoms with van der Waals surface area (Å²) >= 11 is 0. The summed E-state index contributed by atoms with van der Waals surface area (Å²) in [6.45, 7) is 5.74. The Morgan fingerprint density at radius 3 is 2.26 bits per heavy atom. The van der Waals surface area contributed by atoms with E-state index < -0.39 is 0 Å². The molecule has 2 heterocycles. The van der Waals surface area contributed by atoms with Gasteiger partial charge in [0, 0.05) is 36.4 Å². The summed E-state index contributed by atoms with van der Waals surface area (Å²) in [4.78, 5) is 23.7.